The Morgan fingerprint density at radius 1 is 1.02 bits per heavy atom. The highest BCUT2D eigenvalue weighted by Gasteiger charge is 2.34. The highest BCUT2D eigenvalue weighted by molar-refractivity contribution is 5.80. The van der Waals surface area contributed by atoms with Crippen molar-refractivity contribution in [1.29, 1.82) is 0 Å². The van der Waals surface area contributed by atoms with Crippen LogP contribution in [0, 0.1) is 0 Å². The molecule has 2 saturated heterocycles. The van der Waals surface area contributed by atoms with Crippen molar-refractivity contribution in [2.24, 2.45) is 7.05 Å². The molecular weight excluding hydrogens is 524 g/mol. The van der Waals surface area contributed by atoms with Crippen molar-refractivity contribution in [3.63, 3.8) is 0 Å². The van der Waals surface area contributed by atoms with E-state index >= 15 is 0 Å². The molecule has 9 heteroatoms. The van der Waals surface area contributed by atoms with E-state index in [0.29, 0.717) is 36.2 Å². The SMILES string of the molecule is CC(=O)N1Cc2cc(C3CCN(C4COC4)CC3)cc(N3CCCc4cc(-c5cnn(C)c5)c(C(F)F)cc43)c2C1. The maximum Gasteiger partial charge on any atom is 0.264 e. The molecule has 0 N–H and O–H groups in total. The number of likely N-dealkylation sites (tertiary alicyclic amines) is 1. The predicted molar refractivity (Wildman–Crippen MR) is 153 cm³/mol. The number of carbonyl (C=O) groups excluding carboxylic acids is 1. The number of anilines is 2. The van der Waals surface area contributed by atoms with Gasteiger partial charge in [0.25, 0.3) is 6.43 Å². The molecule has 0 bridgehead atoms. The van der Waals surface area contributed by atoms with Crippen molar-refractivity contribution < 1.29 is 18.3 Å². The first-order valence-electron chi connectivity index (χ1n) is 14.8. The lowest BCUT2D eigenvalue weighted by Gasteiger charge is -2.41. The minimum absolute atomic E-state index is 0.0363. The van der Waals surface area contributed by atoms with Crippen LogP contribution in [-0.2, 0) is 36.1 Å². The maximum atomic E-state index is 14.5. The van der Waals surface area contributed by atoms with Crippen LogP contribution in [-0.4, -0.2) is 64.4 Å². The molecule has 0 spiro atoms. The standard InChI is InChI=1S/C32H37F2N5O2/c1-20(40)38-16-24-10-23(21-5-8-37(9-6-21)26-18-41-19-26)12-31(29(24)17-38)39-7-3-4-22-11-27(25-14-35-36(2)15-25)28(32(33)34)13-30(22)39/h10-15,21,26,32H,3-9,16-19H2,1-2H3. The zero-order valence-corrected chi connectivity index (χ0v) is 23.8. The van der Waals surface area contributed by atoms with Crippen molar-refractivity contribution in [1.82, 2.24) is 19.6 Å². The van der Waals surface area contributed by atoms with Gasteiger partial charge in [-0.25, -0.2) is 8.78 Å². The fraction of sp³-hybridized carbons (Fsp3) is 0.500. The topological polar surface area (TPSA) is 53.8 Å². The van der Waals surface area contributed by atoms with E-state index in [1.807, 2.05) is 11.0 Å². The van der Waals surface area contributed by atoms with Crippen LogP contribution < -0.4 is 4.90 Å². The number of aromatic nitrogens is 2. The van der Waals surface area contributed by atoms with Gasteiger partial charge in [-0.05, 0) is 85.1 Å². The molecule has 41 heavy (non-hydrogen) atoms. The smallest absolute Gasteiger partial charge is 0.264 e. The molecule has 1 amide bonds. The number of amides is 1. The number of piperidine rings is 1. The van der Waals surface area contributed by atoms with E-state index in [9.17, 15) is 13.6 Å². The van der Waals surface area contributed by atoms with Gasteiger partial charge in [-0.1, -0.05) is 6.07 Å². The van der Waals surface area contributed by atoms with Crippen molar-refractivity contribution >= 4 is 17.3 Å². The van der Waals surface area contributed by atoms with E-state index in [1.54, 1.807) is 37.1 Å². The summed E-state index contributed by atoms with van der Waals surface area (Å²) in [6, 6.07) is 8.83. The third-order valence-corrected chi connectivity index (χ3v) is 9.55. The van der Waals surface area contributed by atoms with Gasteiger partial charge in [0.05, 0.1) is 25.5 Å². The number of halogens is 2. The summed E-state index contributed by atoms with van der Waals surface area (Å²) in [4.78, 5) is 19.1. The molecule has 0 saturated carbocycles. The molecular formula is C32H37F2N5O2. The van der Waals surface area contributed by atoms with Crippen LogP contribution in [0.15, 0.2) is 36.7 Å². The van der Waals surface area contributed by atoms with Crippen LogP contribution in [0.1, 0.15) is 66.3 Å². The number of carbonyl (C=O) groups is 1. The minimum Gasteiger partial charge on any atom is -0.378 e. The summed E-state index contributed by atoms with van der Waals surface area (Å²) in [6.07, 6.45) is 4.81. The molecule has 2 aromatic carbocycles. The second-order valence-electron chi connectivity index (χ2n) is 12.1. The van der Waals surface area contributed by atoms with Crippen LogP contribution >= 0.6 is 0 Å². The quantitative estimate of drug-likeness (QED) is 0.409. The Balaban J connectivity index is 1.28. The van der Waals surface area contributed by atoms with E-state index < -0.39 is 6.43 Å². The highest BCUT2D eigenvalue weighted by Crippen LogP contribution is 2.45. The molecule has 0 unspecified atom stereocenters. The number of ether oxygens (including phenoxy) is 1. The first-order valence-corrected chi connectivity index (χ1v) is 14.8. The Kier molecular flexibility index (Phi) is 6.82. The number of alkyl halides is 2. The molecule has 216 valence electrons. The largest absolute Gasteiger partial charge is 0.378 e. The van der Waals surface area contributed by atoms with Gasteiger partial charge in [0.2, 0.25) is 5.91 Å². The van der Waals surface area contributed by atoms with Gasteiger partial charge in [0.1, 0.15) is 0 Å². The molecule has 4 aliphatic heterocycles. The fourth-order valence-corrected chi connectivity index (χ4v) is 7.14. The van der Waals surface area contributed by atoms with Gasteiger partial charge in [-0.2, -0.15) is 5.10 Å². The number of aryl methyl sites for hydroxylation is 2. The number of hydrogen-bond donors (Lipinski definition) is 0. The Morgan fingerprint density at radius 2 is 1.83 bits per heavy atom. The first kappa shape index (κ1) is 26.6. The predicted octanol–water partition coefficient (Wildman–Crippen LogP) is 5.55. The minimum atomic E-state index is -2.60. The highest BCUT2D eigenvalue weighted by atomic mass is 19.3. The second-order valence-corrected chi connectivity index (χ2v) is 12.1. The average molecular weight is 562 g/mol. The third kappa shape index (κ3) is 4.83. The summed E-state index contributed by atoms with van der Waals surface area (Å²) in [7, 11) is 1.80. The van der Waals surface area contributed by atoms with Gasteiger partial charge >= 0.3 is 0 Å². The summed E-state index contributed by atoms with van der Waals surface area (Å²) < 4.78 is 36.1. The number of hydrogen-bond acceptors (Lipinski definition) is 5. The van der Waals surface area contributed by atoms with Gasteiger partial charge < -0.3 is 14.5 Å². The molecule has 0 aliphatic carbocycles. The monoisotopic (exact) mass is 561 g/mol. The van der Waals surface area contributed by atoms with E-state index in [-0.39, 0.29) is 11.5 Å². The number of fused-ring (bicyclic) bond motifs is 2. The summed E-state index contributed by atoms with van der Waals surface area (Å²) >= 11 is 0. The third-order valence-electron chi connectivity index (χ3n) is 9.55. The molecule has 7 rings (SSSR count). The van der Waals surface area contributed by atoms with E-state index in [4.69, 9.17) is 4.74 Å². The van der Waals surface area contributed by atoms with Gasteiger partial charge in [0, 0.05) is 67.9 Å². The van der Waals surface area contributed by atoms with Gasteiger partial charge in [-0.15, -0.1) is 0 Å². The zero-order chi connectivity index (χ0) is 28.2. The Morgan fingerprint density at radius 3 is 2.49 bits per heavy atom. The first-order chi connectivity index (χ1) is 19.9. The molecule has 3 aromatic rings. The average Bonchev–Trinajstić information content (AvgIpc) is 3.57. The van der Waals surface area contributed by atoms with Crippen LogP contribution in [0.4, 0.5) is 20.2 Å². The lowest BCUT2D eigenvalue weighted by Crippen LogP contribution is -2.51. The van der Waals surface area contributed by atoms with Crippen molar-refractivity contribution in [3.8, 4) is 11.1 Å². The van der Waals surface area contributed by atoms with Crippen molar-refractivity contribution in [2.75, 3.05) is 37.7 Å². The lowest BCUT2D eigenvalue weighted by molar-refractivity contribution is -0.129. The van der Waals surface area contributed by atoms with E-state index in [0.717, 1.165) is 81.0 Å². The normalized spacial score (nSPS) is 19.9. The molecule has 5 heterocycles. The summed E-state index contributed by atoms with van der Waals surface area (Å²) in [5, 5.41) is 4.23. The molecule has 0 radical (unpaired) electrons. The summed E-state index contributed by atoms with van der Waals surface area (Å²) in [5.41, 5.74) is 7.96. The van der Waals surface area contributed by atoms with Crippen LogP contribution in [0.5, 0.6) is 0 Å². The Hall–Kier alpha value is -3.30. The van der Waals surface area contributed by atoms with E-state index in [2.05, 4.69) is 27.0 Å². The number of benzene rings is 2. The van der Waals surface area contributed by atoms with Crippen molar-refractivity contribution in [3.05, 3.63) is 64.5 Å². The fourth-order valence-electron chi connectivity index (χ4n) is 7.14. The zero-order valence-electron chi connectivity index (χ0n) is 23.8. The molecule has 0 atom stereocenters. The van der Waals surface area contributed by atoms with Crippen LogP contribution in [0.3, 0.4) is 0 Å². The van der Waals surface area contributed by atoms with Crippen LogP contribution in [0.25, 0.3) is 11.1 Å². The Bertz CT molecular complexity index is 1470. The number of rotatable bonds is 5. The molecule has 4 aliphatic rings. The van der Waals surface area contributed by atoms with Gasteiger partial charge in [0.15, 0.2) is 0 Å². The molecule has 7 nitrogen and oxygen atoms in total. The Labute approximate surface area is 239 Å². The van der Waals surface area contributed by atoms with E-state index in [1.165, 1.54) is 11.1 Å². The molecule has 2 fully saturated rings. The van der Waals surface area contributed by atoms with Crippen LogP contribution in [0.2, 0.25) is 0 Å². The van der Waals surface area contributed by atoms with Gasteiger partial charge in [-0.3, -0.25) is 14.4 Å². The maximum absolute atomic E-state index is 14.5. The number of nitrogens with zero attached hydrogens (tertiary/aromatic N) is 5. The lowest BCUT2D eigenvalue weighted by atomic mass is 9.86. The summed E-state index contributed by atoms with van der Waals surface area (Å²) in [5.74, 6) is 0.501. The van der Waals surface area contributed by atoms with Crippen molar-refractivity contribution in [2.45, 2.75) is 64.1 Å². The molecule has 1 aromatic heterocycles. The second kappa shape index (κ2) is 10.5. The summed E-state index contributed by atoms with van der Waals surface area (Å²) in [6.45, 7) is 7.35.